The van der Waals surface area contributed by atoms with E-state index < -0.39 is 0 Å². The minimum absolute atomic E-state index is 0. The maximum absolute atomic E-state index is 4.18. The molecule has 0 N–H and O–H groups in total. The van der Waals surface area contributed by atoms with Crippen molar-refractivity contribution in [3.8, 4) is 0 Å². The molecule has 0 amide bonds. The maximum Gasteiger partial charge on any atom is 0 e. The van der Waals surface area contributed by atoms with Crippen LogP contribution in [-0.4, -0.2) is 26.2 Å². The van der Waals surface area contributed by atoms with E-state index in [1.807, 2.05) is 0 Å². The average molecular weight is 349 g/mol. The van der Waals surface area contributed by atoms with Gasteiger partial charge in [0.05, 0.1) is 0 Å². The Morgan fingerprint density at radius 2 is 0.786 bits per heavy atom. The minimum Gasteiger partial charge on any atom is -0.662 e. The molecule has 0 atom stereocenters. The summed E-state index contributed by atoms with van der Waals surface area (Å²) in [6.45, 7) is 4.50. The van der Waals surface area contributed by atoms with Crippen LogP contribution < -0.4 is 0 Å². The number of hydrogen-bond donors (Lipinski definition) is 0. The molecule has 4 heteroatoms. The first kappa shape index (κ1) is 17.9. The van der Waals surface area contributed by atoms with Crippen molar-refractivity contribution in [2.75, 3.05) is 26.2 Å². The van der Waals surface area contributed by atoms with Crippen molar-refractivity contribution in [2.45, 2.75) is 38.5 Å². The van der Waals surface area contributed by atoms with Crippen molar-refractivity contribution in [3.05, 3.63) is 10.6 Å². The molecule has 0 bridgehead atoms. The van der Waals surface area contributed by atoms with Gasteiger partial charge >= 0.3 is 0 Å². The molecule has 0 radical (unpaired) electrons. The second kappa shape index (κ2) is 14.6. The van der Waals surface area contributed by atoms with Crippen molar-refractivity contribution in [2.24, 2.45) is 0 Å². The van der Waals surface area contributed by atoms with Crippen LogP contribution in [0.5, 0.6) is 0 Å². The summed E-state index contributed by atoms with van der Waals surface area (Å²) in [5.74, 6) is 0. The fraction of sp³-hybridized carbons (Fsp3) is 1.00. The summed E-state index contributed by atoms with van der Waals surface area (Å²) in [6, 6.07) is 0. The zero-order valence-corrected chi connectivity index (χ0v) is 12.9. The maximum atomic E-state index is 4.18. The van der Waals surface area contributed by atoms with Gasteiger partial charge < -0.3 is 10.6 Å². The third kappa shape index (κ3) is 11.6. The zero-order valence-electron chi connectivity index (χ0n) is 8.87. The number of hydrogen-bond acceptors (Lipinski definition) is 0. The van der Waals surface area contributed by atoms with Crippen molar-refractivity contribution >= 4 is 12.4 Å². The molecular formula is C10H21ClN2Nd-2. The summed E-state index contributed by atoms with van der Waals surface area (Å²) < 4.78 is 0. The van der Waals surface area contributed by atoms with Crippen molar-refractivity contribution < 1.29 is 40.8 Å². The molecule has 2 heterocycles. The van der Waals surface area contributed by atoms with Gasteiger partial charge in [0.25, 0.3) is 0 Å². The number of piperidine rings is 2. The van der Waals surface area contributed by atoms with Crippen LogP contribution in [0.3, 0.4) is 0 Å². The minimum atomic E-state index is 0. The fourth-order valence-corrected chi connectivity index (χ4v) is 1.47. The van der Waals surface area contributed by atoms with Crippen LogP contribution in [0, 0.1) is 40.8 Å². The Morgan fingerprint density at radius 3 is 0.857 bits per heavy atom. The van der Waals surface area contributed by atoms with Gasteiger partial charge in [0.1, 0.15) is 0 Å². The molecule has 2 rings (SSSR count). The zero-order chi connectivity index (χ0) is 8.49. The van der Waals surface area contributed by atoms with Crippen molar-refractivity contribution in [1.82, 2.24) is 0 Å². The molecule has 0 aromatic heterocycles. The smallest absolute Gasteiger partial charge is 0 e. The second-order valence-corrected chi connectivity index (χ2v) is 3.46. The predicted molar refractivity (Wildman–Crippen MR) is 61.1 cm³/mol. The molecule has 2 aliphatic rings. The van der Waals surface area contributed by atoms with Crippen molar-refractivity contribution in [3.63, 3.8) is 0 Å². The third-order valence-corrected chi connectivity index (χ3v) is 2.26. The van der Waals surface area contributed by atoms with Gasteiger partial charge in [0.15, 0.2) is 0 Å². The summed E-state index contributed by atoms with van der Waals surface area (Å²) >= 11 is 0. The number of halogens is 1. The molecule has 84 valence electrons. The molecule has 2 nitrogen and oxygen atoms in total. The Morgan fingerprint density at radius 1 is 0.500 bits per heavy atom. The normalized spacial score (nSPS) is 20.6. The van der Waals surface area contributed by atoms with Gasteiger partial charge in [-0.05, 0) is 0 Å². The van der Waals surface area contributed by atoms with Crippen LogP contribution >= 0.6 is 12.4 Å². The van der Waals surface area contributed by atoms with Crippen LogP contribution in [0.4, 0.5) is 0 Å². The first-order valence-corrected chi connectivity index (χ1v) is 5.26. The third-order valence-electron chi connectivity index (χ3n) is 2.26. The van der Waals surface area contributed by atoms with Gasteiger partial charge in [0.2, 0.25) is 0 Å². The number of rotatable bonds is 0. The van der Waals surface area contributed by atoms with E-state index in [4.69, 9.17) is 0 Å². The first-order chi connectivity index (χ1) is 6.00. The van der Waals surface area contributed by atoms with E-state index in [1.165, 1.54) is 38.5 Å². The van der Waals surface area contributed by atoms with Crippen LogP contribution in [0.25, 0.3) is 10.6 Å². The fourth-order valence-electron chi connectivity index (χ4n) is 1.47. The molecule has 0 saturated carbocycles. The first-order valence-electron chi connectivity index (χ1n) is 5.26. The van der Waals surface area contributed by atoms with Gasteiger partial charge in [-0.1, -0.05) is 38.5 Å². The summed E-state index contributed by atoms with van der Waals surface area (Å²) in [5, 5.41) is 8.35. The summed E-state index contributed by atoms with van der Waals surface area (Å²) in [5.41, 5.74) is 0. The standard InChI is InChI=1S/2C5H10N.ClH.Nd/c2*1-2-4-6-5-3-1;;/h2*1-5H2;1H;/q2*-1;;. The van der Waals surface area contributed by atoms with E-state index in [0.29, 0.717) is 0 Å². The van der Waals surface area contributed by atoms with E-state index in [0.717, 1.165) is 26.2 Å². The van der Waals surface area contributed by atoms with E-state index in [1.54, 1.807) is 0 Å². The monoisotopic (exact) mass is 346 g/mol. The summed E-state index contributed by atoms with van der Waals surface area (Å²) in [4.78, 5) is 0. The molecule has 0 spiro atoms. The molecule has 0 aliphatic carbocycles. The Labute approximate surface area is 127 Å². The average Bonchev–Trinajstić information content (AvgIpc) is 2.24. The SMILES string of the molecule is C1CC[N-]CC1.C1CC[N-]CC1.Cl.[Nd]. The summed E-state index contributed by atoms with van der Waals surface area (Å²) in [7, 11) is 0. The van der Waals surface area contributed by atoms with Gasteiger partial charge in [-0.15, -0.1) is 38.6 Å². The molecule has 0 unspecified atom stereocenters. The molecule has 2 saturated heterocycles. The Bertz CT molecular complexity index is 61.1. The Hall–Kier alpha value is 1.56. The van der Waals surface area contributed by atoms with Crippen LogP contribution in [0.2, 0.25) is 0 Å². The summed E-state index contributed by atoms with van der Waals surface area (Å²) in [6.07, 6.45) is 8.15. The molecule has 2 aliphatic heterocycles. The van der Waals surface area contributed by atoms with E-state index in [2.05, 4.69) is 10.6 Å². The second-order valence-electron chi connectivity index (χ2n) is 3.46. The van der Waals surface area contributed by atoms with E-state index in [9.17, 15) is 0 Å². The number of nitrogens with zero attached hydrogens (tertiary/aromatic N) is 2. The van der Waals surface area contributed by atoms with E-state index in [-0.39, 0.29) is 53.2 Å². The molecule has 2 fully saturated rings. The van der Waals surface area contributed by atoms with Gasteiger partial charge in [-0.2, -0.15) is 0 Å². The van der Waals surface area contributed by atoms with Gasteiger partial charge in [0, 0.05) is 40.8 Å². The molecule has 0 aromatic rings. The Kier molecular flexibility index (Phi) is 18.7. The topological polar surface area (TPSA) is 28.2 Å². The molecule has 14 heavy (non-hydrogen) atoms. The van der Waals surface area contributed by atoms with Crippen molar-refractivity contribution in [1.29, 1.82) is 0 Å². The van der Waals surface area contributed by atoms with Crippen LogP contribution in [0.15, 0.2) is 0 Å². The largest absolute Gasteiger partial charge is 0.662 e. The quantitative estimate of drug-likeness (QED) is 0.641. The van der Waals surface area contributed by atoms with Crippen LogP contribution in [-0.2, 0) is 0 Å². The van der Waals surface area contributed by atoms with Crippen LogP contribution in [0.1, 0.15) is 38.5 Å². The molecular weight excluding hydrogens is 328 g/mol. The molecule has 0 aromatic carbocycles. The Balaban J connectivity index is 0. The van der Waals surface area contributed by atoms with Gasteiger partial charge in [-0.3, -0.25) is 0 Å². The van der Waals surface area contributed by atoms with E-state index >= 15 is 0 Å². The predicted octanol–water partition coefficient (Wildman–Crippen LogP) is 3.51. The van der Waals surface area contributed by atoms with Gasteiger partial charge in [-0.25, -0.2) is 0 Å².